The fourth-order valence-electron chi connectivity index (χ4n) is 2.90. The Hall–Kier alpha value is -2.57. The average molecular weight is 347 g/mol. The molecule has 7 nitrogen and oxygen atoms in total. The third kappa shape index (κ3) is 4.49. The van der Waals surface area contributed by atoms with Crippen LogP contribution in [-0.2, 0) is 16.0 Å². The smallest absolute Gasteiger partial charge is 0.325 e. The van der Waals surface area contributed by atoms with Crippen molar-refractivity contribution in [2.75, 3.05) is 20.2 Å². The number of carbonyl (C=O) groups is 3. The first-order valence-corrected chi connectivity index (χ1v) is 8.43. The van der Waals surface area contributed by atoms with E-state index in [1.165, 1.54) is 0 Å². The van der Waals surface area contributed by atoms with Crippen LogP contribution in [0.25, 0.3) is 0 Å². The summed E-state index contributed by atoms with van der Waals surface area (Å²) in [5.41, 5.74) is 0.154. The maximum absolute atomic E-state index is 12.4. The molecule has 25 heavy (non-hydrogen) atoms. The largest absolute Gasteiger partial charge is 0.497 e. The fraction of sp³-hybridized carbons (Fsp3) is 0.500. The van der Waals surface area contributed by atoms with Gasteiger partial charge in [-0.3, -0.25) is 14.5 Å². The molecule has 1 unspecified atom stereocenters. The van der Waals surface area contributed by atoms with Gasteiger partial charge in [0, 0.05) is 6.54 Å². The first-order valence-electron chi connectivity index (χ1n) is 8.43. The second kappa shape index (κ2) is 8.00. The van der Waals surface area contributed by atoms with Crippen LogP contribution in [0.5, 0.6) is 5.75 Å². The Kier molecular flexibility index (Phi) is 6.01. The Morgan fingerprint density at radius 3 is 2.56 bits per heavy atom. The van der Waals surface area contributed by atoms with Crippen molar-refractivity contribution in [1.82, 2.24) is 15.5 Å². The van der Waals surface area contributed by atoms with Crippen LogP contribution >= 0.6 is 0 Å². The Bertz CT molecular complexity index is 644. The van der Waals surface area contributed by atoms with Gasteiger partial charge in [-0.1, -0.05) is 25.5 Å². The van der Waals surface area contributed by atoms with E-state index in [1.54, 1.807) is 14.0 Å². The second-order valence-corrected chi connectivity index (χ2v) is 6.35. The number of ether oxygens (including phenoxy) is 1. The third-order valence-corrected chi connectivity index (χ3v) is 4.29. The van der Waals surface area contributed by atoms with Crippen LogP contribution in [0.1, 0.15) is 32.3 Å². The second-order valence-electron chi connectivity index (χ2n) is 6.35. The molecular formula is C18H25N3O4. The molecule has 2 N–H and O–H groups in total. The standard InChI is InChI=1S/C18H25N3O4/c1-4-10-18(2)16(23)21(17(24)20-18)12-15(22)19-11-9-13-5-7-14(25-3)8-6-13/h5-8H,4,9-12H2,1-3H3,(H,19,22)(H,20,24). The monoisotopic (exact) mass is 347 g/mol. The molecule has 1 atom stereocenters. The van der Waals surface area contributed by atoms with Crippen LogP contribution in [0.3, 0.4) is 0 Å². The zero-order valence-electron chi connectivity index (χ0n) is 14.9. The molecule has 1 saturated heterocycles. The Balaban J connectivity index is 1.81. The van der Waals surface area contributed by atoms with E-state index >= 15 is 0 Å². The minimum atomic E-state index is -0.908. The number of hydrogen-bond donors (Lipinski definition) is 2. The minimum Gasteiger partial charge on any atom is -0.497 e. The van der Waals surface area contributed by atoms with E-state index in [-0.39, 0.29) is 18.4 Å². The van der Waals surface area contributed by atoms with Gasteiger partial charge in [-0.25, -0.2) is 4.79 Å². The van der Waals surface area contributed by atoms with E-state index in [0.717, 1.165) is 22.6 Å². The van der Waals surface area contributed by atoms with Crippen LogP contribution < -0.4 is 15.4 Å². The van der Waals surface area contributed by atoms with E-state index < -0.39 is 11.6 Å². The highest BCUT2D eigenvalue weighted by Crippen LogP contribution is 2.22. The molecule has 0 aromatic heterocycles. The molecule has 136 valence electrons. The summed E-state index contributed by atoms with van der Waals surface area (Å²) in [6.07, 6.45) is 1.97. The summed E-state index contributed by atoms with van der Waals surface area (Å²) >= 11 is 0. The summed E-state index contributed by atoms with van der Waals surface area (Å²) in [7, 11) is 1.61. The van der Waals surface area contributed by atoms with Gasteiger partial charge in [-0.2, -0.15) is 0 Å². The number of methoxy groups -OCH3 is 1. The highest BCUT2D eigenvalue weighted by atomic mass is 16.5. The Labute approximate surface area is 147 Å². The van der Waals surface area contributed by atoms with Gasteiger partial charge in [0.05, 0.1) is 7.11 Å². The lowest BCUT2D eigenvalue weighted by atomic mass is 9.96. The molecule has 1 aliphatic heterocycles. The summed E-state index contributed by atoms with van der Waals surface area (Å²) in [4.78, 5) is 37.4. The molecule has 4 amide bonds. The molecule has 1 heterocycles. The number of urea groups is 1. The number of benzene rings is 1. The number of amides is 4. The van der Waals surface area contributed by atoms with Crippen molar-refractivity contribution in [2.45, 2.75) is 38.6 Å². The highest BCUT2D eigenvalue weighted by molar-refractivity contribution is 6.08. The number of carbonyl (C=O) groups excluding carboxylic acids is 3. The van der Waals surface area contributed by atoms with Crippen molar-refractivity contribution in [3.05, 3.63) is 29.8 Å². The molecule has 1 fully saturated rings. The van der Waals surface area contributed by atoms with Crippen LogP contribution in [0.4, 0.5) is 4.79 Å². The van der Waals surface area contributed by atoms with Gasteiger partial charge in [-0.05, 0) is 37.5 Å². The van der Waals surface area contributed by atoms with Gasteiger partial charge < -0.3 is 15.4 Å². The van der Waals surface area contributed by atoms with Gasteiger partial charge >= 0.3 is 6.03 Å². The van der Waals surface area contributed by atoms with E-state index in [2.05, 4.69) is 10.6 Å². The number of nitrogens with zero attached hydrogens (tertiary/aromatic N) is 1. The minimum absolute atomic E-state index is 0.257. The van der Waals surface area contributed by atoms with Gasteiger partial charge in [0.1, 0.15) is 17.8 Å². The van der Waals surface area contributed by atoms with E-state index in [0.29, 0.717) is 19.4 Å². The topological polar surface area (TPSA) is 87.7 Å². The highest BCUT2D eigenvalue weighted by Gasteiger charge is 2.47. The SMILES string of the molecule is CCCC1(C)NC(=O)N(CC(=O)NCCc2ccc(OC)cc2)C1=O. The van der Waals surface area contributed by atoms with Crippen LogP contribution in [0.2, 0.25) is 0 Å². The van der Waals surface area contributed by atoms with Crippen molar-refractivity contribution < 1.29 is 19.1 Å². The van der Waals surface area contributed by atoms with Crippen molar-refractivity contribution in [2.24, 2.45) is 0 Å². The van der Waals surface area contributed by atoms with Crippen molar-refractivity contribution >= 4 is 17.8 Å². The quantitative estimate of drug-likeness (QED) is 0.697. The molecule has 0 saturated carbocycles. The summed E-state index contributed by atoms with van der Waals surface area (Å²) in [6, 6.07) is 7.07. The lowest BCUT2D eigenvalue weighted by molar-refractivity contribution is -0.134. The lowest BCUT2D eigenvalue weighted by Gasteiger charge is -2.20. The van der Waals surface area contributed by atoms with Gasteiger partial charge in [0.25, 0.3) is 5.91 Å². The van der Waals surface area contributed by atoms with Gasteiger partial charge in [0.15, 0.2) is 0 Å². The zero-order chi connectivity index (χ0) is 18.4. The molecular weight excluding hydrogens is 322 g/mol. The number of rotatable bonds is 8. The molecule has 1 aliphatic rings. The summed E-state index contributed by atoms with van der Waals surface area (Å²) in [6.45, 7) is 3.81. The molecule has 0 radical (unpaired) electrons. The Morgan fingerprint density at radius 1 is 1.28 bits per heavy atom. The predicted molar refractivity (Wildman–Crippen MR) is 93.3 cm³/mol. The summed E-state index contributed by atoms with van der Waals surface area (Å²) < 4.78 is 5.10. The molecule has 1 aromatic rings. The predicted octanol–water partition coefficient (Wildman–Crippen LogP) is 1.46. The van der Waals surface area contributed by atoms with Gasteiger partial charge in [-0.15, -0.1) is 0 Å². The lowest BCUT2D eigenvalue weighted by Crippen LogP contribution is -2.45. The maximum Gasteiger partial charge on any atom is 0.325 e. The normalized spacial score (nSPS) is 19.7. The Morgan fingerprint density at radius 2 is 1.96 bits per heavy atom. The van der Waals surface area contributed by atoms with Gasteiger partial charge in [0.2, 0.25) is 5.91 Å². The van der Waals surface area contributed by atoms with Crippen LogP contribution in [0, 0.1) is 0 Å². The van der Waals surface area contributed by atoms with Crippen LogP contribution in [-0.4, -0.2) is 48.5 Å². The molecule has 0 bridgehead atoms. The number of hydrogen-bond acceptors (Lipinski definition) is 4. The zero-order valence-corrected chi connectivity index (χ0v) is 14.9. The number of imide groups is 1. The van der Waals surface area contributed by atoms with Crippen molar-refractivity contribution in [1.29, 1.82) is 0 Å². The fourth-order valence-corrected chi connectivity index (χ4v) is 2.90. The van der Waals surface area contributed by atoms with E-state index in [9.17, 15) is 14.4 Å². The maximum atomic E-state index is 12.4. The summed E-state index contributed by atoms with van der Waals surface area (Å²) in [5, 5.41) is 5.42. The van der Waals surface area contributed by atoms with Crippen molar-refractivity contribution in [3.8, 4) is 5.75 Å². The first-order chi connectivity index (χ1) is 11.9. The average Bonchev–Trinajstić information content (AvgIpc) is 2.79. The van der Waals surface area contributed by atoms with Crippen molar-refractivity contribution in [3.63, 3.8) is 0 Å². The number of nitrogens with one attached hydrogen (secondary N) is 2. The molecule has 2 rings (SSSR count). The molecule has 7 heteroatoms. The first kappa shape index (κ1) is 18.8. The molecule has 0 spiro atoms. The summed E-state index contributed by atoms with van der Waals surface area (Å²) in [5.74, 6) is 0.0869. The van der Waals surface area contributed by atoms with E-state index in [4.69, 9.17) is 4.74 Å². The van der Waals surface area contributed by atoms with Crippen LogP contribution in [0.15, 0.2) is 24.3 Å². The molecule has 1 aromatic carbocycles. The molecule has 0 aliphatic carbocycles. The third-order valence-electron chi connectivity index (χ3n) is 4.29. The van der Waals surface area contributed by atoms with E-state index in [1.807, 2.05) is 31.2 Å².